The maximum absolute atomic E-state index is 5.62. The van der Waals surface area contributed by atoms with E-state index in [4.69, 9.17) is 4.74 Å². The van der Waals surface area contributed by atoms with Gasteiger partial charge in [0.2, 0.25) is 0 Å². The van der Waals surface area contributed by atoms with Gasteiger partial charge in [-0.25, -0.2) is 4.98 Å². The lowest BCUT2D eigenvalue weighted by molar-refractivity contribution is 0.0496. The third kappa shape index (κ3) is 4.41. The summed E-state index contributed by atoms with van der Waals surface area (Å²) in [5, 5.41) is 3.47. The maximum Gasteiger partial charge on any atom is 0.133 e. The molecule has 21 heavy (non-hydrogen) atoms. The number of halogens is 1. The molecule has 5 heteroatoms. The number of nitrogens with one attached hydrogen (secondary N) is 1. The van der Waals surface area contributed by atoms with Crippen molar-refractivity contribution in [3.63, 3.8) is 0 Å². The number of rotatable bonds is 6. The van der Waals surface area contributed by atoms with E-state index in [2.05, 4.69) is 51.0 Å². The first-order valence-electron chi connectivity index (χ1n) is 7.78. The van der Waals surface area contributed by atoms with E-state index < -0.39 is 0 Å². The molecule has 1 aliphatic rings. The highest BCUT2D eigenvalue weighted by atomic mass is 79.9. The normalized spacial score (nSPS) is 22.6. The van der Waals surface area contributed by atoms with Crippen molar-refractivity contribution in [2.45, 2.75) is 39.3 Å². The van der Waals surface area contributed by atoms with E-state index >= 15 is 0 Å². The second-order valence-corrected chi connectivity index (χ2v) is 6.71. The van der Waals surface area contributed by atoms with Crippen LogP contribution in [0.15, 0.2) is 16.7 Å². The number of hydrogen-bond donors (Lipinski definition) is 1. The zero-order chi connectivity index (χ0) is 15.2. The molecule has 0 aliphatic carbocycles. The van der Waals surface area contributed by atoms with Gasteiger partial charge in [0.1, 0.15) is 5.82 Å². The number of nitrogens with zero attached hydrogens (tertiary/aromatic N) is 2. The molecule has 1 aliphatic heterocycles. The molecule has 2 heterocycles. The Morgan fingerprint density at radius 2 is 2.33 bits per heavy atom. The maximum atomic E-state index is 5.62. The largest absolute Gasteiger partial charge is 0.379 e. The third-order valence-electron chi connectivity index (χ3n) is 4.14. The van der Waals surface area contributed by atoms with Crippen molar-refractivity contribution >= 4 is 21.7 Å². The lowest BCUT2D eigenvalue weighted by Gasteiger charge is -2.37. The minimum Gasteiger partial charge on any atom is -0.379 e. The molecule has 1 aromatic rings. The van der Waals surface area contributed by atoms with Gasteiger partial charge in [0.25, 0.3) is 0 Å². The summed E-state index contributed by atoms with van der Waals surface area (Å²) in [4.78, 5) is 7.02. The lowest BCUT2D eigenvalue weighted by Crippen LogP contribution is -2.44. The van der Waals surface area contributed by atoms with Crippen LogP contribution in [0.2, 0.25) is 0 Å². The van der Waals surface area contributed by atoms with E-state index in [1.165, 1.54) is 5.56 Å². The molecule has 4 nitrogen and oxygen atoms in total. The van der Waals surface area contributed by atoms with E-state index in [1.54, 1.807) is 0 Å². The quantitative estimate of drug-likeness (QED) is 0.795. The Morgan fingerprint density at radius 3 is 3.05 bits per heavy atom. The summed E-state index contributed by atoms with van der Waals surface area (Å²) < 4.78 is 6.66. The van der Waals surface area contributed by atoms with E-state index in [0.717, 1.165) is 49.3 Å². The van der Waals surface area contributed by atoms with Gasteiger partial charge in [0.05, 0.1) is 6.10 Å². The molecule has 0 spiro atoms. The Morgan fingerprint density at radius 1 is 1.52 bits per heavy atom. The van der Waals surface area contributed by atoms with Gasteiger partial charge in [0, 0.05) is 43.0 Å². The molecule has 0 radical (unpaired) electrons. The molecule has 1 aromatic heterocycles. The molecule has 0 saturated carbocycles. The van der Waals surface area contributed by atoms with Crippen molar-refractivity contribution in [3.8, 4) is 0 Å². The topological polar surface area (TPSA) is 37.4 Å². The van der Waals surface area contributed by atoms with E-state index in [9.17, 15) is 0 Å². The van der Waals surface area contributed by atoms with Gasteiger partial charge in [-0.2, -0.15) is 0 Å². The van der Waals surface area contributed by atoms with Crippen LogP contribution in [0.4, 0.5) is 5.82 Å². The Bertz CT molecular complexity index is 455. The molecule has 1 N–H and O–H groups in total. The first kappa shape index (κ1) is 16.7. The zero-order valence-corrected chi connectivity index (χ0v) is 14.8. The minimum absolute atomic E-state index is 0.292. The van der Waals surface area contributed by atoms with Crippen molar-refractivity contribution < 1.29 is 4.74 Å². The Hall–Kier alpha value is -0.650. The fourth-order valence-electron chi connectivity index (χ4n) is 2.82. The Labute approximate surface area is 136 Å². The summed E-state index contributed by atoms with van der Waals surface area (Å²) in [7, 11) is 1.81. The molecule has 1 saturated heterocycles. The second kappa shape index (κ2) is 8.11. The summed E-state index contributed by atoms with van der Waals surface area (Å²) in [6.45, 7) is 8.32. The molecule has 2 rings (SSSR count). The van der Waals surface area contributed by atoms with Gasteiger partial charge in [-0.05, 0) is 47.3 Å². The number of ether oxygens (including phenoxy) is 1. The molecule has 0 aromatic carbocycles. The highest BCUT2D eigenvalue weighted by Gasteiger charge is 2.27. The van der Waals surface area contributed by atoms with Crippen LogP contribution in [-0.2, 0) is 11.3 Å². The van der Waals surface area contributed by atoms with Gasteiger partial charge in [0.15, 0.2) is 0 Å². The number of methoxy groups -OCH3 is 1. The summed E-state index contributed by atoms with van der Waals surface area (Å²) in [5.41, 5.74) is 1.25. The predicted octanol–water partition coefficient (Wildman–Crippen LogP) is 3.20. The van der Waals surface area contributed by atoms with Crippen LogP contribution in [-0.4, -0.2) is 37.8 Å². The first-order chi connectivity index (χ1) is 10.2. The zero-order valence-electron chi connectivity index (χ0n) is 13.2. The molecule has 0 amide bonds. The Balaban J connectivity index is 2.14. The molecular weight excluding hydrogens is 330 g/mol. The number of aromatic nitrogens is 1. The molecule has 118 valence electrons. The van der Waals surface area contributed by atoms with Crippen molar-refractivity contribution in [2.24, 2.45) is 5.92 Å². The molecule has 0 bridgehead atoms. The molecule has 2 atom stereocenters. The van der Waals surface area contributed by atoms with Crippen LogP contribution < -0.4 is 10.2 Å². The van der Waals surface area contributed by atoms with Crippen molar-refractivity contribution in [3.05, 3.63) is 22.3 Å². The summed E-state index contributed by atoms with van der Waals surface area (Å²) in [5.74, 6) is 1.71. The van der Waals surface area contributed by atoms with E-state index in [1.807, 2.05) is 13.3 Å². The average molecular weight is 356 g/mol. The van der Waals surface area contributed by atoms with Crippen molar-refractivity contribution in [1.29, 1.82) is 0 Å². The van der Waals surface area contributed by atoms with Crippen LogP contribution in [0, 0.1) is 5.92 Å². The van der Waals surface area contributed by atoms with Gasteiger partial charge in [-0.3, -0.25) is 0 Å². The predicted molar refractivity (Wildman–Crippen MR) is 90.7 cm³/mol. The average Bonchev–Trinajstić information content (AvgIpc) is 2.48. The minimum atomic E-state index is 0.292. The van der Waals surface area contributed by atoms with Crippen molar-refractivity contribution in [1.82, 2.24) is 10.3 Å². The van der Waals surface area contributed by atoms with Gasteiger partial charge in [-0.1, -0.05) is 13.8 Å². The summed E-state index contributed by atoms with van der Waals surface area (Å²) in [6.07, 6.45) is 4.47. The highest BCUT2D eigenvalue weighted by Crippen LogP contribution is 2.27. The molecular formula is C16H26BrN3O. The van der Waals surface area contributed by atoms with Crippen LogP contribution in [0.1, 0.15) is 32.3 Å². The lowest BCUT2D eigenvalue weighted by atomic mass is 9.95. The van der Waals surface area contributed by atoms with Gasteiger partial charge < -0.3 is 15.0 Å². The number of anilines is 1. The fourth-order valence-corrected chi connectivity index (χ4v) is 3.20. The van der Waals surface area contributed by atoms with Gasteiger partial charge in [-0.15, -0.1) is 0 Å². The summed E-state index contributed by atoms with van der Waals surface area (Å²) in [6, 6.07) is 2.17. The van der Waals surface area contributed by atoms with Gasteiger partial charge >= 0.3 is 0 Å². The van der Waals surface area contributed by atoms with Crippen LogP contribution in [0.25, 0.3) is 0 Å². The van der Waals surface area contributed by atoms with Crippen molar-refractivity contribution in [2.75, 3.05) is 31.6 Å². The first-order valence-corrected chi connectivity index (χ1v) is 8.57. The van der Waals surface area contributed by atoms with E-state index in [0.29, 0.717) is 12.0 Å². The monoisotopic (exact) mass is 355 g/mol. The smallest absolute Gasteiger partial charge is 0.133 e. The highest BCUT2D eigenvalue weighted by molar-refractivity contribution is 9.10. The Kier molecular flexibility index (Phi) is 6.45. The standard InChI is InChI=1S/C16H26BrN3O/c1-4-6-18-9-13-8-14(17)10-19-16(13)20-7-5-12(2)15(11-20)21-3/h8,10,12,15,18H,4-7,9,11H2,1-3H3. The SMILES string of the molecule is CCCNCc1cc(Br)cnc1N1CCC(C)C(OC)C1. The van der Waals surface area contributed by atoms with Crippen LogP contribution >= 0.6 is 15.9 Å². The molecule has 1 fully saturated rings. The molecule has 2 unspecified atom stereocenters. The van der Waals surface area contributed by atoms with E-state index in [-0.39, 0.29) is 0 Å². The summed E-state index contributed by atoms with van der Waals surface area (Å²) >= 11 is 3.53. The number of hydrogen-bond acceptors (Lipinski definition) is 4. The number of pyridine rings is 1. The van der Waals surface area contributed by atoms with Crippen LogP contribution in [0.5, 0.6) is 0 Å². The second-order valence-electron chi connectivity index (χ2n) is 5.80. The third-order valence-corrected chi connectivity index (χ3v) is 4.58. The van der Waals surface area contributed by atoms with Crippen LogP contribution in [0.3, 0.4) is 0 Å². The fraction of sp³-hybridized carbons (Fsp3) is 0.688. The number of piperidine rings is 1.